The van der Waals surface area contributed by atoms with Crippen molar-refractivity contribution < 1.29 is 0 Å². The van der Waals surface area contributed by atoms with Crippen LogP contribution in [-0.4, -0.2) is 4.98 Å². The van der Waals surface area contributed by atoms with Crippen molar-refractivity contribution in [3.05, 3.63) is 70.9 Å². The standard InChI is InChI=1S/C18H12ClN3/c19-14-5-3-4-12(8-14)18(13(9-20)10-21)16-11-22-17-7-2-1-6-15(16)17/h1-8,11,13,18,22H. The SMILES string of the molecule is N#CC(C#N)C(c1cccc(Cl)c1)c1c[nH]c2ccccc12. The van der Waals surface area contributed by atoms with Crippen molar-refractivity contribution in [1.29, 1.82) is 10.5 Å². The summed E-state index contributed by atoms with van der Waals surface area (Å²) in [5.74, 6) is -1.12. The molecule has 3 rings (SSSR count). The number of nitrogens with one attached hydrogen (secondary N) is 1. The van der Waals surface area contributed by atoms with Gasteiger partial charge in [0.25, 0.3) is 0 Å². The largest absolute Gasteiger partial charge is 0.361 e. The van der Waals surface area contributed by atoms with E-state index in [1.165, 1.54) is 0 Å². The molecule has 1 aromatic heterocycles. The molecule has 0 bridgehead atoms. The van der Waals surface area contributed by atoms with E-state index < -0.39 is 5.92 Å². The number of aromatic nitrogens is 1. The molecule has 0 saturated heterocycles. The molecular formula is C18H12ClN3. The molecule has 0 saturated carbocycles. The number of rotatable bonds is 3. The quantitative estimate of drug-likeness (QED) is 0.767. The summed E-state index contributed by atoms with van der Waals surface area (Å²) < 4.78 is 0. The van der Waals surface area contributed by atoms with E-state index in [2.05, 4.69) is 17.1 Å². The predicted molar refractivity (Wildman–Crippen MR) is 86.3 cm³/mol. The minimum absolute atomic E-state index is 0.343. The summed E-state index contributed by atoms with van der Waals surface area (Å²) >= 11 is 6.09. The molecule has 106 valence electrons. The highest BCUT2D eigenvalue weighted by Crippen LogP contribution is 2.36. The number of para-hydroxylation sites is 1. The number of fused-ring (bicyclic) bond motifs is 1. The average molecular weight is 306 g/mol. The highest BCUT2D eigenvalue weighted by atomic mass is 35.5. The van der Waals surface area contributed by atoms with Gasteiger partial charge in [-0.1, -0.05) is 41.9 Å². The third-order valence-corrected chi connectivity index (χ3v) is 4.01. The van der Waals surface area contributed by atoms with Crippen LogP contribution in [0.4, 0.5) is 0 Å². The van der Waals surface area contributed by atoms with E-state index in [4.69, 9.17) is 11.6 Å². The fourth-order valence-corrected chi connectivity index (χ4v) is 2.98. The smallest absolute Gasteiger partial charge is 0.144 e. The predicted octanol–water partition coefficient (Wildman–Crippen LogP) is 4.62. The first-order chi connectivity index (χ1) is 10.7. The van der Waals surface area contributed by atoms with Crippen LogP contribution in [-0.2, 0) is 0 Å². The number of aromatic amines is 1. The van der Waals surface area contributed by atoms with Gasteiger partial charge < -0.3 is 4.98 Å². The Hall–Kier alpha value is -2.75. The van der Waals surface area contributed by atoms with E-state index in [9.17, 15) is 10.5 Å². The van der Waals surface area contributed by atoms with Gasteiger partial charge in [-0.3, -0.25) is 0 Å². The molecule has 4 heteroatoms. The topological polar surface area (TPSA) is 63.4 Å². The van der Waals surface area contributed by atoms with Crippen LogP contribution in [0, 0.1) is 28.6 Å². The molecule has 0 fully saturated rings. The second-order valence-corrected chi connectivity index (χ2v) is 5.49. The van der Waals surface area contributed by atoms with E-state index in [1.807, 2.05) is 48.7 Å². The molecule has 22 heavy (non-hydrogen) atoms. The summed E-state index contributed by atoms with van der Waals surface area (Å²) in [5, 5.41) is 20.4. The van der Waals surface area contributed by atoms with Gasteiger partial charge in [0.1, 0.15) is 5.92 Å². The summed E-state index contributed by atoms with van der Waals surface area (Å²) in [6, 6.07) is 19.4. The molecule has 3 nitrogen and oxygen atoms in total. The van der Waals surface area contributed by atoms with E-state index in [1.54, 1.807) is 6.07 Å². The van der Waals surface area contributed by atoms with Gasteiger partial charge in [0.15, 0.2) is 0 Å². The van der Waals surface area contributed by atoms with Crippen LogP contribution in [0.3, 0.4) is 0 Å². The lowest BCUT2D eigenvalue weighted by Crippen LogP contribution is -2.11. The monoisotopic (exact) mass is 305 g/mol. The Morgan fingerprint density at radius 1 is 1.00 bits per heavy atom. The van der Waals surface area contributed by atoms with E-state index in [0.29, 0.717) is 5.02 Å². The molecule has 0 aliphatic carbocycles. The Bertz CT molecular complexity index is 884. The maximum atomic E-state index is 9.38. The maximum absolute atomic E-state index is 9.38. The molecule has 1 atom stereocenters. The Morgan fingerprint density at radius 3 is 2.50 bits per heavy atom. The first-order valence-corrected chi connectivity index (χ1v) is 7.23. The van der Waals surface area contributed by atoms with Crippen LogP contribution in [0.25, 0.3) is 10.9 Å². The summed E-state index contributed by atoms with van der Waals surface area (Å²) in [4.78, 5) is 3.20. The van der Waals surface area contributed by atoms with Crippen molar-refractivity contribution in [2.24, 2.45) is 5.92 Å². The summed E-state index contributed by atoms with van der Waals surface area (Å²) in [6.45, 7) is 0. The van der Waals surface area contributed by atoms with Crippen LogP contribution in [0.15, 0.2) is 54.7 Å². The summed E-state index contributed by atoms with van der Waals surface area (Å²) in [7, 11) is 0. The Kier molecular flexibility index (Phi) is 3.83. The number of nitrogens with zero attached hydrogens (tertiary/aromatic N) is 2. The molecule has 0 spiro atoms. The molecule has 0 aliphatic heterocycles. The van der Waals surface area contributed by atoms with E-state index in [-0.39, 0.29) is 5.92 Å². The second kappa shape index (κ2) is 5.93. The lowest BCUT2D eigenvalue weighted by molar-refractivity contribution is 0.714. The van der Waals surface area contributed by atoms with Crippen molar-refractivity contribution in [2.75, 3.05) is 0 Å². The molecule has 2 aromatic carbocycles. The van der Waals surface area contributed by atoms with Crippen LogP contribution >= 0.6 is 11.6 Å². The molecule has 0 radical (unpaired) electrons. The molecule has 1 N–H and O–H groups in total. The minimum Gasteiger partial charge on any atom is -0.361 e. The van der Waals surface area contributed by atoms with E-state index in [0.717, 1.165) is 22.0 Å². The minimum atomic E-state index is -0.780. The van der Waals surface area contributed by atoms with E-state index >= 15 is 0 Å². The molecule has 0 aliphatic rings. The Morgan fingerprint density at radius 2 is 1.77 bits per heavy atom. The second-order valence-electron chi connectivity index (χ2n) is 5.06. The van der Waals surface area contributed by atoms with Crippen LogP contribution in [0.2, 0.25) is 5.02 Å². The number of H-pyrrole nitrogens is 1. The molecule has 0 amide bonds. The van der Waals surface area contributed by atoms with Crippen molar-refractivity contribution in [3.63, 3.8) is 0 Å². The van der Waals surface area contributed by atoms with Crippen molar-refractivity contribution in [3.8, 4) is 12.1 Å². The molecular weight excluding hydrogens is 294 g/mol. The van der Waals surface area contributed by atoms with Crippen molar-refractivity contribution in [2.45, 2.75) is 5.92 Å². The average Bonchev–Trinajstić information content (AvgIpc) is 2.96. The van der Waals surface area contributed by atoms with Gasteiger partial charge in [0.05, 0.1) is 12.1 Å². The normalized spacial score (nSPS) is 12.0. The zero-order valence-corrected chi connectivity index (χ0v) is 12.4. The lowest BCUT2D eigenvalue weighted by atomic mass is 9.82. The molecule has 1 unspecified atom stereocenters. The number of hydrogen-bond acceptors (Lipinski definition) is 2. The number of benzene rings is 2. The number of hydrogen-bond donors (Lipinski definition) is 1. The van der Waals surface area contributed by atoms with Gasteiger partial charge in [-0.05, 0) is 29.3 Å². The zero-order chi connectivity index (χ0) is 15.5. The van der Waals surface area contributed by atoms with Gasteiger partial charge in [-0.15, -0.1) is 0 Å². The van der Waals surface area contributed by atoms with Crippen LogP contribution < -0.4 is 0 Å². The van der Waals surface area contributed by atoms with Crippen molar-refractivity contribution >= 4 is 22.5 Å². The molecule has 3 aromatic rings. The van der Waals surface area contributed by atoms with Gasteiger partial charge in [0, 0.05) is 28.0 Å². The Labute approximate surface area is 133 Å². The fraction of sp³-hybridized carbons (Fsp3) is 0.111. The zero-order valence-electron chi connectivity index (χ0n) is 11.6. The maximum Gasteiger partial charge on any atom is 0.144 e. The highest BCUT2D eigenvalue weighted by Gasteiger charge is 2.27. The fourth-order valence-electron chi connectivity index (χ4n) is 2.78. The van der Waals surface area contributed by atoms with Crippen LogP contribution in [0.5, 0.6) is 0 Å². The van der Waals surface area contributed by atoms with Gasteiger partial charge >= 0.3 is 0 Å². The van der Waals surface area contributed by atoms with Crippen molar-refractivity contribution in [1.82, 2.24) is 4.98 Å². The first-order valence-electron chi connectivity index (χ1n) is 6.85. The number of halogens is 1. The molecule has 1 heterocycles. The summed E-state index contributed by atoms with van der Waals surface area (Å²) in [6.07, 6.45) is 1.87. The van der Waals surface area contributed by atoms with Gasteiger partial charge in [0.2, 0.25) is 0 Å². The highest BCUT2D eigenvalue weighted by molar-refractivity contribution is 6.30. The van der Waals surface area contributed by atoms with Gasteiger partial charge in [-0.25, -0.2) is 0 Å². The Balaban J connectivity index is 2.22. The lowest BCUT2D eigenvalue weighted by Gasteiger charge is -2.18. The first kappa shape index (κ1) is 14.2. The van der Waals surface area contributed by atoms with Crippen LogP contribution in [0.1, 0.15) is 17.0 Å². The van der Waals surface area contributed by atoms with Gasteiger partial charge in [-0.2, -0.15) is 10.5 Å². The summed E-state index contributed by atoms with van der Waals surface area (Å²) in [5.41, 5.74) is 2.79. The number of nitriles is 2. The third kappa shape index (κ3) is 2.44. The third-order valence-electron chi connectivity index (χ3n) is 3.78.